The van der Waals surface area contributed by atoms with Gasteiger partial charge in [-0.1, -0.05) is 42.5 Å². The number of anilines is 1. The van der Waals surface area contributed by atoms with Crippen LogP contribution in [0.5, 0.6) is 0 Å². The van der Waals surface area contributed by atoms with Gasteiger partial charge in [-0.15, -0.1) is 0 Å². The number of nitro groups is 1. The molecule has 1 aliphatic rings. The fraction of sp³-hybridized carbons (Fsp3) is 0.136. The highest BCUT2D eigenvalue weighted by Crippen LogP contribution is 2.29. The van der Waals surface area contributed by atoms with Gasteiger partial charge < -0.3 is 4.90 Å². The Balaban J connectivity index is 1.76. The summed E-state index contributed by atoms with van der Waals surface area (Å²) in [6, 6.07) is 21.9. The van der Waals surface area contributed by atoms with E-state index in [2.05, 4.69) is 18.2 Å². The number of nitrogens with zero attached hydrogens (tertiary/aromatic N) is 2. The smallest absolute Gasteiger partial charge is 0.269 e. The van der Waals surface area contributed by atoms with Gasteiger partial charge in [0.05, 0.1) is 11.5 Å². The lowest BCUT2D eigenvalue weighted by atomic mass is 9.95. The number of aryl methyl sites for hydroxylation is 2. The summed E-state index contributed by atoms with van der Waals surface area (Å²) in [5.74, 6) is -0.158. The molecule has 4 rings (SSSR count). The van der Waals surface area contributed by atoms with Gasteiger partial charge >= 0.3 is 0 Å². The predicted octanol–water partition coefficient (Wildman–Crippen LogP) is 4.54. The van der Waals surface area contributed by atoms with Crippen molar-refractivity contribution < 1.29 is 9.72 Å². The van der Waals surface area contributed by atoms with Crippen LogP contribution in [-0.2, 0) is 19.4 Å². The Morgan fingerprint density at radius 2 is 1.41 bits per heavy atom. The minimum atomic E-state index is -0.462. The number of amides is 1. The third-order valence-electron chi connectivity index (χ3n) is 4.96. The first-order valence-electron chi connectivity index (χ1n) is 8.84. The minimum absolute atomic E-state index is 0.0232. The summed E-state index contributed by atoms with van der Waals surface area (Å²) in [7, 11) is 0. The van der Waals surface area contributed by atoms with Crippen molar-refractivity contribution in [2.45, 2.75) is 19.4 Å². The zero-order chi connectivity index (χ0) is 18.8. The number of non-ortho nitro benzene ring substituents is 1. The highest BCUT2D eigenvalue weighted by atomic mass is 16.6. The van der Waals surface area contributed by atoms with E-state index in [1.165, 1.54) is 29.8 Å². The highest BCUT2D eigenvalue weighted by molar-refractivity contribution is 6.06. The van der Waals surface area contributed by atoms with Crippen LogP contribution >= 0.6 is 0 Å². The number of para-hydroxylation sites is 1. The second-order valence-corrected chi connectivity index (χ2v) is 6.59. The number of carbonyl (C=O) groups excluding carboxylic acids is 1. The van der Waals surface area contributed by atoms with Gasteiger partial charge in [0.1, 0.15) is 0 Å². The Morgan fingerprint density at radius 3 is 2.11 bits per heavy atom. The maximum Gasteiger partial charge on any atom is 0.269 e. The fourth-order valence-corrected chi connectivity index (χ4v) is 3.53. The van der Waals surface area contributed by atoms with Crippen molar-refractivity contribution in [1.82, 2.24) is 0 Å². The van der Waals surface area contributed by atoms with E-state index in [1.54, 1.807) is 4.90 Å². The summed E-state index contributed by atoms with van der Waals surface area (Å²) in [4.78, 5) is 25.5. The van der Waals surface area contributed by atoms with Gasteiger partial charge in [-0.2, -0.15) is 0 Å². The predicted molar refractivity (Wildman–Crippen MR) is 104 cm³/mol. The number of carbonyl (C=O) groups is 1. The van der Waals surface area contributed by atoms with Crippen LogP contribution in [0.2, 0.25) is 0 Å². The summed E-state index contributed by atoms with van der Waals surface area (Å²) in [5.41, 5.74) is 4.81. The topological polar surface area (TPSA) is 63.4 Å². The van der Waals surface area contributed by atoms with Crippen molar-refractivity contribution in [1.29, 1.82) is 0 Å². The van der Waals surface area contributed by atoms with E-state index in [0.717, 1.165) is 29.7 Å². The van der Waals surface area contributed by atoms with Crippen molar-refractivity contribution in [3.05, 3.63) is 105 Å². The summed E-state index contributed by atoms with van der Waals surface area (Å²) in [5, 5.41) is 10.9. The van der Waals surface area contributed by atoms with E-state index >= 15 is 0 Å². The van der Waals surface area contributed by atoms with Gasteiger partial charge in [-0.05, 0) is 47.7 Å². The molecular formula is C22H18N2O3. The monoisotopic (exact) mass is 358 g/mol. The zero-order valence-corrected chi connectivity index (χ0v) is 14.7. The van der Waals surface area contributed by atoms with Crippen molar-refractivity contribution in [3.63, 3.8) is 0 Å². The summed E-state index contributed by atoms with van der Waals surface area (Å²) in [6.07, 6.45) is 1.80. The number of benzene rings is 3. The first kappa shape index (κ1) is 17.0. The van der Waals surface area contributed by atoms with Crippen LogP contribution in [0.25, 0.3) is 0 Å². The van der Waals surface area contributed by atoms with Gasteiger partial charge in [0, 0.05) is 23.4 Å². The van der Waals surface area contributed by atoms with Crippen molar-refractivity contribution in [2.24, 2.45) is 0 Å². The average Bonchev–Trinajstić information content (AvgIpc) is 2.69. The van der Waals surface area contributed by atoms with Crippen LogP contribution in [0.4, 0.5) is 11.4 Å². The van der Waals surface area contributed by atoms with Crippen molar-refractivity contribution >= 4 is 17.3 Å². The van der Waals surface area contributed by atoms with Crippen LogP contribution in [0.1, 0.15) is 27.0 Å². The number of hydrogen-bond acceptors (Lipinski definition) is 3. The summed E-state index contributed by atoms with van der Waals surface area (Å²) >= 11 is 0. The van der Waals surface area contributed by atoms with Crippen LogP contribution in [-0.4, -0.2) is 10.8 Å². The molecule has 1 amide bonds. The van der Waals surface area contributed by atoms with Gasteiger partial charge in [0.25, 0.3) is 11.6 Å². The van der Waals surface area contributed by atoms with Crippen molar-refractivity contribution in [3.8, 4) is 0 Å². The molecule has 5 heteroatoms. The number of rotatable bonds is 2. The Kier molecular flexibility index (Phi) is 4.42. The van der Waals surface area contributed by atoms with Crippen LogP contribution < -0.4 is 4.90 Å². The maximum atomic E-state index is 13.3. The van der Waals surface area contributed by atoms with Crippen LogP contribution in [0.3, 0.4) is 0 Å². The van der Waals surface area contributed by atoms with Gasteiger partial charge in [0.2, 0.25) is 0 Å². The molecule has 27 heavy (non-hydrogen) atoms. The molecular weight excluding hydrogens is 340 g/mol. The lowest BCUT2D eigenvalue weighted by Crippen LogP contribution is -2.32. The zero-order valence-electron chi connectivity index (χ0n) is 14.7. The molecule has 0 aliphatic carbocycles. The Hall–Kier alpha value is -3.47. The quantitative estimate of drug-likeness (QED) is 0.499. The van der Waals surface area contributed by atoms with Gasteiger partial charge in [-0.25, -0.2) is 0 Å². The first-order chi connectivity index (χ1) is 13.1. The number of hydrogen-bond donors (Lipinski definition) is 0. The number of nitro benzene ring substituents is 1. The molecule has 0 atom stereocenters. The third kappa shape index (κ3) is 3.31. The largest absolute Gasteiger partial charge is 0.304 e. The standard InChI is InChI=1S/C22H18N2O3/c25-22(18-11-13-20(14-12-18)24(26)27)23-15-19-7-2-1-5-16(19)9-10-17-6-3-4-8-21(17)23/h1-8,11-14H,9-10,15H2. The molecule has 0 aromatic heterocycles. The van der Waals surface area contributed by atoms with E-state index in [-0.39, 0.29) is 11.6 Å². The molecule has 5 nitrogen and oxygen atoms in total. The van der Waals surface area contributed by atoms with E-state index in [4.69, 9.17) is 0 Å². The molecule has 3 aromatic rings. The lowest BCUT2D eigenvalue weighted by Gasteiger charge is -2.29. The average molecular weight is 358 g/mol. The molecule has 0 saturated carbocycles. The van der Waals surface area contributed by atoms with E-state index in [9.17, 15) is 14.9 Å². The second kappa shape index (κ2) is 7.03. The fourth-order valence-electron chi connectivity index (χ4n) is 3.53. The minimum Gasteiger partial charge on any atom is -0.304 e. The normalized spacial score (nSPS) is 13.1. The molecule has 0 bridgehead atoms. The Labute approximate surface area is 157 Å². The first-order valence-corrected chi connectivity index (χ1v) is 8.84. The molecule has 1 heterocycles. The number of fused-ring (bicyclic) bond motifs is 2. The molecule has 0 unspecified atom stereocenters. The molecule has 0 spiro atoms. The lowest BCUT2D eigenvalue weighted by molar-refractivity contribution is -0.384. The maximum absolute atomic E-state index is 13.3. The molecule has 1 aliphatic heterocycles. The van der Waals surface area contributed by atoms with E-state index in [1.807, 2.05) is 30.3 Å². The Morgan fingerprint density at radius 1 is 0.815 bits per heavy atom. The van der Waals surface area contributed by atoms with Crippen LogP contribution in [0.15, 0.2) is 72.8 Å². The third-order valence-corrected chi connectivity index (χ3v) is 4.96. The summed E-state index contributed by atoms with van der Waals surface area (Å²) < 4.78 is 0. The van der Waals surface area contributed by atoms with E-state index < -0.39 is 4.92 Å². The molecule has 0 N–H and O–H groups in total. The molecule has 3 aromatic carbocycles. The summed E-state index contributed by atoms with van der Waals surface area (Å²) in [6.45, 7) is 0.475. The second-order valence-electron chi connectivity index (χ2n) is 6.59. The van der Waals surface area contributed by atoms with Crippen LogP contribution in [0, 0.1) is 10.1 Å². The Bertz CT molecular complexity index is 1010. The SMILES string of the molecule is O=C(c1ccc([N+](=O)[O-])cc1)N1Cc2ccccc2CCc2ccccc21. The highest BCUT2D eigenvalue weighted by Gasteiger charge is 2.24. The van der Waals surface area contributed by atoms with Gasteiger partial charge in [0.15, 0.2) is 0 Å². The van der Waals surface area contributed by atoms with Crippen molar-refractivity contribution in [2.75, 3.05) is 4.90 Å². The molecule has 134 valence electrons. The molecule has 0 fully saturated rings. The van der Waals surface area contributed by atoms with Gasteiger partial charge in [-0.3, -0.25) is 14.9 Å². The molecule has 0 saturated heterocycles. The van der Waals surface area contributed by atoms with E-state index in [0.29, 0.717) is 12.1 Å². The molecule has 0 radical (unpaired) electrons.